The smallest absolute Gasteiger partial charge is 0.412 e. The first-order valence-corrected chi connectivity index (χ1v) is 7.79. The molecule has 1 aliphatic heterocycles. The van der Waals surface area contributed by atoms with Gasteiger partial charge in [-0.3, -0.25) is 9.88 Å². The van der Waals surface area contributed by atoms with E-state index in [1.54, 1.807) is 6.92 Å². The van der Waals surface area contributed by atoms with E-state index in [1.807, 2.05) is 13.8 Å². The Balaban J connectivity index is 2.26. The number of aliphatic hydroxyl groups excluding tert-OH is 2. The number of amides is 1. The number of rotatable bonds is 4. The zero-order valence-corrected chi connectivity index (χ0v) is 14.2. The van der Waals surface area contributed by atoms with Crippen LogP contribution in [0.4, 0.5) is 10.6 Å². The van der Waals surface area contributed by atoms with Gasteiger partial charge in [-0.2, -0.15) is 4.98 Å². The fourth-order valence-electron chi connectivity index (χ4n) is 2.28. The summed E-state index contributed by atoms with van der Waals surface area (Å²) >= 11 is 0. The van der Waals surface area contributed by atoms with E-state index in [0.29, 0.717) is 0 Å². The van der Waals surface area contributed by atoms with Crippen molar-refractivity contribution >= 4 is 11.9 Å². The summed E-state index contributed by atoms with van der Waals surface area (Å²) in [6.45, 7) is 5.52. The van der Waals surface area contributed by atoms with Crippen LogP contribution in [0, 0.1) is 18.3 Å². The molecule has 0 bridgehead atoms. The van der Waals surface area contributed by atoms with Gasteiger partial charge in [0.2, 0.25) is 0 Å². The maximum atomic E-state index is 12.2. The maximum absolute atomic E-state index is 12.2. The number of aliphatic hydroxyl groups is 2. The molecule has 0 unspecified atom stereocenters. The quantitative estimate of drug-likeness (QED) is 0.656. The summed E-state index contributed by atoms with van der Waals surface area (Å²) in [6.07, 6.45) is 1.61. The van der Waals surface area contributed by atoms with E-state index in [0.717, 1.165) is 4.57 Å². The molecule has 0 aliphatic carbocycles. The molecule has 9 nitrogen and oxygen atoms in total. The van der Waals surface area contributed by atoms with Crippen molar-refractivity contribution in [2.45, 2.75) is 45.3 Å². The molecule has 3 N–H and O–H groups in total. The number of nitrogens with zero attached hydrogens (tertiary/aromatic N) is 2. The molecule has 1 aromatic rings. The molecule has 1 saturated heterocycles. The fourth-order valence-corrected chi connectivity index (χ4v) is 2.28. The summed E-state index contributed by atoms with van der Waals surface area (Å²) < 4.78 is 11.3. The van der Waals surface area contributed by atoms with Crippen LogP contribution in [0.1, 0.15) is 32.6 Å². The summed E-state index contributed by atoms with van der Waals surface area (Å²) in [5, 5.41) is 22.1. The Kier molecular flexibility index (Phi) is 5.79. The number of nitrogens with one attached hydrogen (secondary N) is 1. The molecular formula is C16H21N3O6. The first kappa shape index (κ1) is 18.9. The number of carbonyl (C=O) groups is 1. The number of ether oxygens (including phenoxy) is 2. The van der Waals surface area contributed by atoms with Crippen LogP contribution in [0.3, 0.4) is 0 Å². The minimum Gasteiger partial charge on any atom is -0.449 e. The summed E-state index contributed by atoms with van der Waals surface area (Å²) in [4.78, 5) is 27.7. The minimum atomic E-state index is -1.31. The van der Waals surface area contributed by atoms with Crippen molar-refractivity contribution in [2.24, 2.45) is 5.92 Å². The number of aromatic nitrogens is 2. The van der Waals surface area contributed by atoms with Gasteiger partial charge in [-0.15, -0.1) is 6.42 Å². The topological polar surface area (TPSA) is 123 Å². The van der Waals surface area contributed by atoms with Crippen molar-refractivity contribution in [3.8, 4) is 12.3 Å². The van der Waals surface area contributed by atoms with Gasteiger partial charge in [0, 0.05) is 6.20 Å². The van der Waals surface area contributed by atoms with Gasteiger partial charge in [0.1, 0.15) is 12.2 Å². The van der Waals surface area contributed by atoms with Crippen LogP contribution < -0.4 is 11.0 Å². The SMILES string of the molecule is C#Cc1cn([C@@H]2O[C@H](C)[C@@H](O)[C@H]2O)c(=O)nc1NC(=O)OCC(C)C. The zero-order chi connectivity index (χ0) is 18.7. The lowest BCUT2D eigenvalue weighted by Crippen LogP contribution is -2.36. The van der Waals surface area contributed by atoms with Crippen LogP contribution in [0.25, 0.3) is 0 Å². The van der Waals surface area contributed by atoms with Gasteiger partial charge in [0.05, 0.1) is 18.3 Å². The van der Waals surface area contributed by atoms with Crippen LogP contribution in [-0.4, -0.2) is 50.8 Å². The van der Waals surface area contributed by atoms with Gasteiger partial charge in [-0.25, -0.2) is 9.59 Å². The molecule has 2 rings (SSSR count). The van der Waals surface area contributed by atoms with Crippen molar-refractivity contribution in [1.29, 1.82) is 0 Å². The first-order chi connectivity index (χ1) is 11.7. The second kappa shape index (κ2) is 7.65. The Morgan fingerprint density at radius 1 is 1.52 bits per heavy atom. The number of hydrogen-bond acceptors (Lipinski definition) is 7. The van der Waals surface area contributed by atoms with Crippen molar-refractivity contribution < 1.29 is 24.5 Å². The molecule has 2 heterocycles. The van der Waals surface area contributed by atoms with E-state index in [1.165, 1.54) is 6.20 Å². The largest absolute Gasteiger partial charge is 0.449 e. The summed E-state index contributed by atoms with van der Waals surface area (Å²) in [6, 6.07) is 0. The molecule has 0 saturated carbocycles. The third kappa shape index (κ3) is 4.17. The Labute approximate surface area is 144 Å². The van der Waals surface area contributed by atoms with E-state index >= 15 is 0 Å². The number of anilines is 1. The summed E-state index contributed by atoms with van der Waals surface area (Å²) in [5.74, 6) is 2.32. The Morgan fingerprint density at radius 3 is 2.72 bits per heavy atom. The van der Waals surface area contributed by atoms with Gasteiger partial charge in [0.15, 0.2) is 12.0 Å². The molecule has 1 aliphatic rings. The van der Waals surface area contributed by atoms with Crippen molar-refractivity contribution in [3.63, 3.8) is 0 Å². The van der Waals surface area contributed by atoms with Crippen LogP contribution >= 0.6 is 0 Å². The van der Waals surface area contributed by atoms with Crippen LogP contribution in [0.5, 0.6) is 0 Å². The highest BCUT2D eigenvalue weighted by molar-refractivity contribution is 5.84. The molecule has 1 fully saturated rings. The van der Waals surface area contributed by atoms with Crippen molar-refractivity contribution in [3.05, 3.63) is 22.2 Å². The van der Waals surface area contributed by atoms with Crippen LogP contribution in [-0.2, 0) is 9.47 Å². The highest BCUT2D eigenvalue weighted by Crippen LogP contribution is 2.28. The average Bonchev–Trinajstić information content (AvgIpc) is 2.80. The number of terminal acetylenes is 1. The third-order valence-corrected chi connectivity index (χ3v) is 3.63. The Hall–Kier alpha value is -2.41. The van der Waals surface area contributed by atoms with Gasteiger partial charge in [-0.1, -0.05) is 19.8 Å². The monoisotopic (exact) mass is 351 g/mol. The first-order valence-electron chi connectivity index (χ1n) is 7.79. The van der Waals surface area contributed by atoms with E-state index in [-0.39, 0.29) is 23.9 Å². The standard InChI is InChI=1S/C16H21N3O6/c1-5-10-6-19(14-12(21)11(20)9(4)25-14)15(22)17-13(10)18-16(23)24-7-8(2)3/h1,6,8-9,11-12,14,20-21H,7H2,2-4H3,(H,17,18,22,23)/t9-,11-,12-,14-/m1/s1. The molecule has 9 heteroatoms. The molecule has 4 atom stereocenters. The Bertz CT molecular complexity index is 738. The highest BCUT2D eigenvalue weighted by atomic mass is 16.6. The van der Waals surface area contributed by atoms with Gasteiger partial charge in [0.25, 0.3) is 0 Å². The Morgan fingerprint density at radius 2 is 2.20 bits per heavy atom. The van der Waals surface area contributed by atoms with Gasteiger partial charge >= 0.3 is 11.8 Å². The molecule has 0 radical (unpaired) electrons. The zero-order valence-electron chi connectivity index (χ0n) is 14.2. The third-order valence-electron chi connectivity index (χ3n) is 3.63. The van der Waals surface area contributed by atoms with E-state index < -0.39 is 36.3 Å². The van der Waals surface area contributed by atoms with Crippen LogP contribution in [0.2, 0.25) is 0 Å². The lowest BCUT2D eigenvalue weighted by atomic mass is 10.1. The summed E-state index contributed by atoms with van der Waals surface area (Å²) in [5.41, 5.74) is -0.700. The van der Waals surface area contributed by atoms with E-state index in [4.69, 9.17) is 15.9 Å². The van der Waals surface area contributed by atoms with Crippen molar-refractivity contribution in [1.82, 2.24) is 9.55 Å². The molecule has 0 spiro atoms. The molecule has 0 aromatic carbocycles. The average molecular weight is 351 g/mol. The lowest BCUT2D eigenvalue weighted by Gasteiger charge is -2.18. The molecule has 136 valence electrons. The van der Waals surface area contributed by atoms with E-state index in [9.17, 15) is 19.8 Å². The molecular weight excluding hydrogens is 330 g/mol. The highest BCUT2D eigenvalue weighted by Gasteiger charge is 2.42. The second-order valence-corrected chi connectivity index (χ2v) is 6.17. The predicted molar refractivity (Wildman–Crippen MR) is 87.8 cm³/mol. The van der Waals surface area contributed by atoms with Crippen LogP contribution in [0.15, 0.2) is 11.0 Å². The molecule has 25 heavy (non-hydrogen) atoms. The van der Waals surface area contributed by atoms with Gasteiger partial charge in [-0.05, 0) is 12.8 Å². The minimum absolute atomic E-state index is 0.103. The second-order valence-electron chi connectivity index (χ2n) is 6.17. The molecule has 1 amide bonds. The van der Waals surface area contributed by atoms with Gasteiger partial charge < -0.3 is 19.7 Å². The molecule has 1 aromatic heterocycles. The van der Waals surface area contributed by atoms with Crippen molar-refractivity contribution in [2.75, 3.05) is 11.9 Å². The summed E-state index contributed by atoms with van der Waals surface area (Å²) in [7, 11) is 0. The van der Waals surface area contributed by atoms with E-state index in [2.05, 4.69) is 16.2 Å². The fraction of sp³-hybridized carbons (Fsp3) is 0.562. The maximum Gasteiger partial charge on any atom is 0.412 e. The number of carbonyl (C=O) groups excluding carboxylic acids is 1. The lowest BCUT2D eigenvalue weighted by molar-refractivity contribution is -0.0350. The number of hydrogen-bond donors (Lipinski definition) is 3. The predicted octanol–water partition coefficient (Wildman–Crippen LogP) is 0.0682. The normalized spacial score (nSPS) is 25.6.